The number of nitrogens with zero attached hydrogens (tertiary/aromatic N) is 2. The van der Waals surface area contributed by atoms with Crippen LogP contribution in [0.3, 0.4) is 0 Å². The van der Waals surface area contributed by atoms with Crippen LogP contribution in [0.1, 0.15) is 32.6 Å². The molecule has 1 unspecified atom stereocenters. The third-order valence-electron chi connectivity index (χ3n) is 3.52. The minimum Gasteiger partial charge on any atom is -0.370 e. The maximum atomic E-state index is 5.71. The lowest BCUT2D eigenvalue weighted by molar-refractivity contribution is 0.274. The smallest absolute Gasteiger partial charge is 0.189 e. The van der Waals surface area contributed by atoms with E-state index in [2.05, 4.69) is 22.1 Å². The summed E-state index contributed by atoms with van der Waals surface area (Å²) < 4.78 is 0. The minimum atomic E-state index is 0.187. The van der Waals surface area contributed by atoms with Crippen LogP contribution >= 0.6 is 0 Å². The van der Waals surface area contributed by atoms with E-state index in [4.69, 9.17) is 5.73 Å². The maximum Gasteiger partial charge on any atom is 0.189 e. The van der Waals surface area contributed by atoms with Crippen LogP contribution in [0.5, 0.6) is 0 Å². The zero-order chi connectivity index (χ0) is 10.7. The predicted octanol–water partition coefficient (Wildman–Crippen LogP) is 0.539. The van der Waals surface area contributed by atoms with Crippen LogP contribution in [0, 0.1) is 0 Å². The number of nitrogens with one attached hydrogen (secondary N) is 1. The van der Waals surface area contributed by atoms with Crippen LogP contribution < -0.4 is 11.1 Å². The van der Waals surface area contributed by atoms with E-state index in [0.29, 0.717) is 5.96 Å². The van der Waals surface area contributed by atoms with Crippen molar-refractivity contribution in [3.05, 3.63) is 0 Å². The number of nitrogens with two attached hydrogens (primary N) is 1. The second kappa shape index (κ2) is 4.39. The first-order chi connectivity index (χ1) is 7.24. The van der Waals surface area contributed by atoms with Crippen LogP contribution in [0.2, 0.25) is 0 Å². The summed E-state index contributed by atoms with van der Waals surface area (Å²) in [5.41, 5.74) is 5.90. The largest absolute Gasteiger partial charge is 0.370 e. The monoisotopic (exact) mass is 210 g/mol. The number of guanidine groups is 1. The molecule has 0 aromatic heterocycles. The summed E-state index contributed by atoms with van der Waals surface area (Å²) in [4.78, 5) is 6.85. The second-order valence-corrected chi connectivity index (χ2v) is 4.80. The van der Waals surface area contributed by atoms with Crippen molar-refractivity contribution in [2.24, 2.45) is 10.7 Å². The standard InChI is InChI=1S/C11H22N4/c1-2-6-15-7-3-4-11(5-8-15)9-13-10(12)14-11/h2-9H2,1H3,(H3,12,13,14). The molecule has 1 atom stereocenters. The third kappa shape index (κ3) is 2.43. The summed E-state index contributed by atoms with van der Waals surface area (Å²) >= 11 is 0. The average molecular weight is 210 g/mol. The lowest BCUT2D eigenvalue weighted by atomic mass is 9.92. The molecule has 4 heteroatoms. The second-order valence-electron chi connectivity index (χ2n) is 4.80. The first kappa shape index (κ1) is 10.7. The Labute approximate surface area is 91.9 Å². The van der Waals surface area contributed by atoms with E-state index >= 15 is 0 Å². The topological polar surface area (TPSA) is 53.6 Å². The lowest BCUT2D eigenvalue weighted by Crippen LogP contribution is -2.48. The van der Waals surface area contributed by atoms with Gasteiger partial charge in [-0.2, -0.15) is 0 Å². The van der Waals surface area contributed by atoms with Crippen LogP contribution in [-0.4, -0.2) is 42.6 Å². The minimum absolute atomic E-state index is 0.187. The van der Waals surface area contributed by atoms with Gasteiger partial charge in [0.25, 0.3) is 0 Å². The van der Waals surface area contributed by atoms with E-state index in [1.54, 1.807) is 0 Å². The van der Waals surface area contributed by atoms with Crippen molar-refractivity contribution in [1.29, 1.82) is 0 Å². The number of rotatable bonds is 2. The Morgan fingerprint density at radius 2 is 2.33 bits per heavy atom. The quantitative estimate of drug-likeness (QED) is 0.699. The molecule has 4 nitrogen and oxygen atoms in total. The van der Waals surface area contributed by atoms with Crippen molar-refractivity contribution in [1.82, 2.24) is 10.2 Å². The van der Waals surface area contributed by atoms with Gasteiger partial charge in [0.1, 0.15) is 0 Å². The van der Waals surface area contributed by atoms with Gasteiger partial charge in [-0.1, -0.05) is 6.92 Å². The van der Waals surface area contributed by atoms with Gasteiger partial charge in [-0.3, -0.25) is 4.99 Å². The van der Waals surface area contributed by atoms with Crippen LogP contribution in [0.15, 0.2) is 4.99 Å². The number of likely N-dealkylation sites (tertiary alicyclic amines) is 1. The van der Waals surface area contributed by atoms with Crippen LogP contribution in [0.4, 0.5) is 0 Å². The highest BCUT2D eigenvalue weighted by atomic mass is 15.2. The Kier molecular flexibility index (Phi) is 3.14. The molecule has 0 bridgehead atoms. The highest BCUT2D eigenvalue weighted by Gasteiger charge is 2.35. The molecule has 1 fully saturated rings. The summed E-state index contributed by atoms with van der Waals surface area (Å²) in [7, 11) is 0. The van der Waals surface area contributed by atoms with Gasteiger partial charge in [-0.25, -0.2) is 0 Å². The number of hydrogen-bond acceptors (Lipinski definition) is 4. The fourth-order valence-electron chi connectivity index (χ4n) is 2.66. The zero-order valence-electron chi connectivity index (χ0n) is 9.63. The molecule has 0 aliphatic carbocycles. The van der Waals surface area contributed by atoms with E-state index < -0.39 is 0 Å². The molecule has 1 saturated heterocycles. The highest BCUT2D eigenvalue weighted by Crippen LogP contribution is 2.25. The molecule has 0 radical (unpaired) electrons. The van der Waals surface area contributed by atoms with Gasteiger partial charge >= 0.3 is 0 Å². The predicted molar refractivity (Wildman–Crippen MR) is 62.9 cm³/mol. The SMILES string of the molecule is CCCN1CCCC2(CC1)CN=C(N)N2. The molecule has 2 rings (SSSR count). The molecule has 15 heavy (non-hydrogen) atoms. The molecule has 0 amide bonds. The van der Waals surface area contributed by atoms with E-state index in [0.717, 1.165) is 6.54 Å². The molecule has 0 saturated carbocycles. The van der Waals surface area contributed by atoms with E-state index in [1.807, 2.05) is 0 Å². The molecular weight excluding hydrogens is 188 g/mol. The normalized spacial score (nSPS) is 32.5. The third-order valence-corrected chi connectivity index (χ3v) is 3.52. The Morgan fingerprint density at radius 1 is 1.47 bits per heavy atom. The van der Waals surface area contributed by atoms with Gasteiger partial charge in [-0.05, 0) is 38.8 Å². The van der Waals surface area contributed by atoms with Gasteiger partial charge < -0.3 is 16.0 Å². The van der Waals surface area contributed by atoms with Crippen molar-refractivity contribution in [2.45, 2.75) is 38.1 Å². The molecule has 3 N–H and O–H groups in total. The fourth-order valence-corrected chi connectivity index (χ4v) is 2.66. The Bertz CT molecular complexity index is 251. The number of aliphatic imine (C=N–C) groups is 1. The van der Waals surface area contributed by atoms with Crippen LogP contribution in [0.25, 0.3) is 0 Å². The molecule has 2 heterocycles. The lowest BCUT2D eigenvalue weighted by Gasteiger charge is -2.27. The van der Waals surface area contributed by atoms with Crippen molar-refractivity contribution >= 4 is 5.96 Å². The summed E-state index contributed by atoms with van der Waals surface area (Å²) in [6.07, 6.45) is 4.89. The maximum absolute atomic E-state index is 5.71. The van der Waals surface area contributed by atoms with Gasteiger partial charge in [0.15, 0.2) is 5.96 Å². The Hall–Kier alpha value is -0.770. The summed E-state index contributed by atoms with van der Waals surface area (Å²) in [5, 5.41) is 3.37. The number of hydrogen-bond donors (Lipinski definition) is 2. The molecule has 0 aromatic carbocycles. The molecule has 0 aromatic rings. The van der Waals surface area contributed by atoms with E-state index in [9.17, 15) is 0 Å². The molecular formula is C11H22N4. The van der Waals surface area contributed by atoms with E-state index in [-0.39, 0.29) is 5.54 Å². The van der Waals surface area contributed by atoms with Crippen molar-refractivity contribution in [3.8, 4) is 0 Å². The zero-order valence-corrected chi connectivity index (χ0v) is 9.63. The fraction of sp³-hybridized carbons (Fsp3) is 0.909. The van der Waals surface area contributed by atoms with Crippen molar-refractivity contribution in [2.75, 3.05) is 26.2 Å². The van der Waals surface area contributed by atoms with Gasteiger partial charge in [0.2, 0.25) is 0 Å². The Balaban J connectivity index is 1.90. The Morgan fingerprint density at radius 3 is 3.00 bits per heavy atom. The summed E-state index contributed by atoms with van der Waals surface area (Å²) in [5.74, 6) is 0.638. The summed E-state index contributed by atoms with van der Waals surface area (Å²) in [6.45, 7) is 6.77. The first-order valence-corrected chi connectivity index (χ1v) is 6.04. The summed E-state index contributed by atoms with van der Waals surface area (Å²) in [6, 6.07) is 0. The molecule has 86 valence electrons. The van der Waals surface area contributed by atoms with E-state index in [1.165, 1.54) is 45.3 Å². The first-order valence-electron chi connectivity index (χ1n) is 6.04. The van der Waals surface area contributed by atoms with Crippen molar-refractivity contribution in [3.63, 3.8) is 0 Å². The van der Waals surface area contributed by atoms with Gasteiger partial charge in [0.05, 0.1) is 12.1 Å². The highest BCUT2D eigenvalue weighted by molar-refractivity contribution is 5.80. The molecule has 2 aliphatic rings. The average Bonchev–Trinajstić information content (AvgIpc) is 2.45. The van der Waals surface area contributed by atoms with Crippen LogP contribution in [-0.2, 0) is 0 Å². The molecule has 1 spiro atoms. The van der Waals surface area contributed by atoms with Gasteiger partial charge in [-0.15, -0.1) is 0 Å². The van der Waals surface area contributed by atoms with Crippen molar-refractivity contribution < 1.29 is 0 Å². The van der Waals surface area contributed by atoms with Gasteiger partial charge in [0, 0.05) is 6.54 Å². The molecule has 2 aliphatic heterocycles.